The predicted octanol–water partition coefficient (Wildman–Crippen LogP) is 2.21. The number of thioether (sulfide) groups is 1. The monoisotopic (exact) mass is 314 g/mol. The fraction of sp³-hybridized carbons (Fsp3) is 0.429. The molecule has 1 rings (SSSR count). The van der Waals surface area contributed by atoms with Gasteiger partial charge in [0.1, 0.15) is 6.04 Å². The van der Waals surface area contributed by atoms with Crippen LogP contribution in [0.1, 0.15) is 19.4 Å². The van der Waals surface area contributed by atoms with Crippen molar-refractivity contribution < 1.29 is 9.59 Å². The van der Waals surface area contributed by atoms with Gasteiger partial charge in [-0.15, -0.1) is 11.8 Å². The quantitative estimate of drug-likeness (QED) is 0.811. The van der Waals surface area contributed by atoms with E-state index >= 15 is 0 Å². The van der Waals surface area contributed by atoms with Gasteiger partial charge < -0.3 is 10.6 Å². The van der Waals surface area contributed by atoms with Gasteiger partial charge >= 0.3 is 0 Å². The van der Waals surface area contributed by atoms with E-state index in [2.05, 4.69) is 10.6 Å². The maximum atomic E-state index is 11.7. The van der Waals surface area contributed by atoms with E-state index in [1.807, 2.05) is 31.2 Å². The zero-order valence-electron chi connectivity index (χ0n) is 11.6. The van der Waals surface area contributed by atoms with Crippen molar-refractivity contribution in [3.05, 3.63) is 34.9 Å². The molecule has 2 N–H and O–H groups in total. The molecule has 0 saturated carbocycles. The summed E-state index contributed by atoms with van der Waals surface area (Å²) in [7, 11) is 0. The largest absolute Gasteiger partial charge is 0.355 e. The minimum Gasteiger partial charge on any atom is -0.355 e. The Labute approximate surface area is 128 Å². The Balaban J connectivity index is 2.28. The van der Waals surface area contributed by atoms with Crippen molar-refractivity contribution in [2.24, 2.45) is 0 Å². The molecular formula is C14H19ClN2O2S. The normalized spacial score (nSPS) is 11.8. The molecule has 0 aromatic heterocycles. The Morgan fingerprint density at radius 2 is 2.15 bits per heavy atom. The Morgan fingerprint density at radius 3 is 2.80 bits per heavy atom. The van der Waals surface area contributed by atoms with Crippen LogP contribution >= 0.6 is 23.4 Å². The topological polar surface area (TPSA) is 58.2 Å². The van der Waals surface area contributed by atoms with Crippen LogP contribution in [0.4, 0.5) is 0 Å². The number of nitrogens with one attached hydrogen (secondary N) is 2. The van der Waals surface area contributed by atoms with Gasteiger partial charge in [0, 0.05) is 17.3 Å². The van der Waals surface area contributed by atoms with E-state index in [0.717, 1.165) is 5.56 Å². The molecule has 20 heavy (non-hydrogen) atoms. The minimum absolute atomic E-state index is 0.143. The number of amides is 2. The van der Waals surface area contributed by atoms with E-state index in [1.165, 1.54) is 11.8 Å². The molecule has 1 atom stereocenters. The summed E-state index contributed by atoms with van der Waals surface area (Å²) in [5, 5.41) is 6.02. The molecular weight excluding hydrogens is 296 g/mol. The van der Waals surface area contributed by atoms with Crippen molar-refractivity contribution in [2.45, 2.75) is 25.6 Å². The average Bonchev–Trinajstić information content (AvgIpc) is 2.39. The molecule has 0 aliphatic rings. The molecule has 0 aliphatic heterocycles. The third-order valence-corrected chi connectivity index (χ3v) is 3.75. The summed E-state index contributed by atoms with van der Waals surface area (Å²) in [6.45, 7) is 4.07. The van der Waals surface area contributed by atoms with Crippen molar-refractivity contribution in [2.75, 3.05) is 12.3 Å². The lowest BCUT2D eigenvalue weighted by Gasteiger charge is -2.13. The molecule has 1 aromatic carbocycles. The molecule has 2 amide bonds. The first kappa shape index (κ1) is 16.9. The molecule has 0 heterocycles. The van der Waals surface area contributed by atoms with Crippen molar-refractivity contribution in [1.82, 2.24) is 10.6 Å². The standard InChI is InChI=1S/C14H19ClN2O2S/c1-3-16-14(19)10(2)17-13(18)9-20-8-11-5-4-6-12(15)7-11/h4-7,10H,3,8-9H2,1-2H3,(H,16,19)(H,17,18)/t10-/m0/s1. The maximum absolute atomic E-state index is 11.7. The first-order valence-corrected chi connectivity index (χ1v) is 7.95. The van der Waals surface area contributed by atoms with Crippen LogP contribution in [0.3, 0.4) is 0 Å². The molecule has 0 radical (unpaired) electrons. The SMILES string of the molecule is CCNC(=O)[C@H](C)NC(=O)CSCc1cccc(Cl)c1. The number of benzene rings is 1. The lowest BCUT2D eigenvalue weighted by atomic mass is 10.2. The van der Waals surface area contributed by atoms with Crippen LogP contribution in [0.2, 0.25) is 5.02 Å². The lowest BCUT2D eigenvalue weighted by Crippen LogP contribution is -2.45. The zero-order valence-corrected chi connectivity index (χ0v) is 13.2. The van der Waals surface area contributed by atoms with Crippen molar-refractivity contribution in [3.63, 3.8) is 0 Å². The van der Waals surface area contributed by atoms with Gasteiger partial charge in [-0.05, 0) is 31.5 Å². The van der Waals surface area contributed by atoms with E-state index in [4.69, 9.17) is 11.6 Å². The Kier molecular flexibility index (Phi) is 7.47. The van der Waals surface area contributed by atoms with Crippen LogP contribution in [-0.2, 0) is 15.3 Å². The molecule has 0 bridgehead atoms. The smallest absolute Gasteiger partial charge is 0.242 e. The highest BCUT2D eigenvalue weighted by molar-refractivity contribution is 7.99. The van der Waals surface area contributed by atoms with Gasteiger partial charge in [-0.25, -0.2) is 0 Å². The first-order valence-electron chi connectivity index (χ1n) is 6.42. The number of hydrogen-bond donors (Lipinski definition) is 2. The van der Waals surface area contributed by atoms with E-state index in [-0.39, 0.29) is 11.8 Å². The molecule has 1 aromatic rings. The van der Waals surface area contributed by atoms with Gasteiger partial charge in [-0.2, -0.15) is 0 Å². The molecule has 0 spiro atoms. The average molecular weight is 315 g/mol. The first-order chi connectivity index (χ1) is 9.52. The highest BCUT2D eigenvalue weighted by Crippen LogP contribution is 2.16. The van der Waals surface area contributed by atoms with Gasteiger partial charge in [0.15, 0.2) is 0 Å². The van der Waals surface area contributed by atoms with Crippen LogP contribution in [0, 0.1) is 0 Å². The Hall–Kier alpha value is -1.20. The molecule has 0 unspecified atom stereocenters. The second-order valence-corrected chi connectivity index (χ2v) is 5.73. The number of carbonyl (C=O) groups is 2. The highest BCUT2D eigenvalue weighted by Gasteiger charge is 2.14. The van der Waals surface area contributed by atoms with E-state index in [9.17, 15) is 9.59 Å². The second kappa shape index (κ2) is 8.87. The Morgan fingerprint density at radius 1 is 1.40 bits per heavy atom. The third-order valence-electron chi connectivity index (χ3n) is 2.51. The summed E-state index contributed by atoms with van der Waals surface area (Å²) < 4.78 is 0. The molecule has 0 aliphatic carbocycles. The van der Waals surface area contributed by atoms with Crippen molar-refractivity contribution in [1.29, 1.82) is 0 Å². The lowest BCUT2D eigenvalue weighted by molar-refractivity contribution is -0.127. The maximum Gasteiger partial charge on any atom is 0.242 e. The summed E-state index contributed by atoms with van der Waals surface area (Å²) in [6.07, 6.45) is 0. The summed E-state index contributed by atoms with van der Waals surface area (Å²) >= 11 is 7.37. The molecule has 6 heteroatoms. The molecule has 0 fully saturated rings. The van der Waals surface area contributed by atoms with Crippen LogP contribution in [0.25, 0.3) is 0 Å². The minimum atomic E-state index is -0.505. The van der Waals surface area contributed by atoms with Crippen molar-refractivity contribution in [3.8, 4) is 0 Å². The van der Waals surface area contributed by atoms with Crippen molar-refractivity contribution >= 4 is 35.2 Å². The second-order valence-electron chi connectivity index (χ2n) is 4.31. The summed E-state index contributed by atoms with van der Waals surface area (Å²) in [4.78, 5) is 23.1. The van der Waals surface area contributed by atoms with Gasteiger partial charge in [0.05, 0.1) is 5.75 Å². The fourth-order valence-corrected chi connectivity index (χ4v) is 2.56. The molecule has 0 saturated heterocycles. The highest BCUT2D eigenvalue weighted by atomic mass is 35.5. The van der Waals surface area contributed by atoms with Gasteiger partial charge in [0.25, 0.3) is 0 Å². The fourth-order valence-electron chi connectivity index (χ4n) is 1.56. The summed E-state index contributed by atoms with van der Waals surface area (Å²) in [6, 6.07) is 7.04. The van der Waals surface area contributed by atoms with E-state index in [0.29, 0.717) is 23.1 Å². The number of likely N-dealkylation sites (N-methyl/N-ethyl adjacent to an activating group) is 1. The third kappa shape index (κ3) is 6.30. The van der Waals surface area contributed by atoms with Crippen LogP contribution in [0.5, 0.6) is 0 Å². The number of halogens is 1. The summed E-state index contributed by atoms with van der Waals surface area (Å²) in [5.74, 6) is 0.719. The molecule has 4 nitrogen and oxygen atoms in total. The summed E-state index contributed by atoms with van der Waals surface area (Å²) in [5.41, 5.74) is 1.08. The Bertz CT molecular complexity index is 468. The van der Waals surface area contributed by atoms with E-state index < -0.39 is 6.04 Å². The van der Waals surface area contributed by atoms with Crippen LogP contribution in [0.15, 0.2) is 24.3 Å². The van der Waals surface area contributed by atoms with Gasteiger partial charge in [-0.3, -0.25) is 9.59 Å². The molecule has 110 valence electrons. The predicted molar refractivity (Wildman–Crippen MR) is 83.9 cm³/mol. The van der Waals surface area contributed by atoms with Crippen LogP contribution in [-0.4, -0.2) is 30.2 Å². The van der Waals surface area contributed by atoms with Gasteiger partial charge in [0.2, 0.25) is 11.8 Å². The number of carbonyl (C=O) groups excluding carboxylic acids is 2. The van der Waals surface area contributed by atoms with E-state index in [1.54, 1.807) is 6.92 Å². The van der Waals surface area contributed by atoms with Crippen LogP contribution < -0.4 is 10.6 Å². The van der Waals surface area contributed by atoms with Gasteiger partial charge in [-0.1, -0.05) is 23.7 Å². The number of rotatable bonds is 7. The number of hydrogen-bond acceptors (Lipinski definition) is 3. The zero-order chi connectivity index (χ0) is 15.0.